The van der Waals surface area contributed by atoms with Crippen molar-refractivity contribution < 1.29 is 4.74 Å². The number of ether oxygens (including phenoxy) is 1. The van der Waals surface area contributed by atoms with Gasteiger partial charge in [-0.1, -0.05) is 0 Å². The number of nitrogen functional groups attached to an aromatic ring is 1. The van der Waals surface area contributed by atoms with Crippen molar-refractivity contribution in [3.8, 4) is 11.8 Å². The lowest BCUT2D eigenvalue weighted by atomic mass is 10.2. The van der Waals surface area contributed by atoms with Crippen LogP contribution in [0.4, 0.5) is 5.82 Å². The van der Waals surface area contributed by atoms with Crippen molar-refractivity contribution in [2.45, 2.75) is 0 Å². The lowest BCUT2D eigenvalue weighted by molar-refractivity contribution is 0.417. The van der Waals surface area contributed by atoms with E-state index in [4.69, 9.17) is 15.7 Å². The summed E-state index contributed by atoms with van der Waals surface area (Å²) in [6.45, 7) is 0. The third-order valence-corrected chi connectivity index (χ3v) is 1.98. The zero-order valence-electron chi connectivity index (χ0n) is 7.56. The zero-order chi connectivity index (χ0) is 10.1. The van der Waals surface area contributed by atoms with Crippen LogP contribution in [-0.4, -0.2) is 16.7 Å². The number of pyridine rings is 1. The second-order valence-corrected chi connectivity index (χ2v) is 2.74. The van der Waals surface area contributed by atoms with Crippen LogP contribution in [0, 0.1) is 11.3 Å². The molecule has 0 radical (unpaired) electrons. The Morgan fingerprint density at radius 2 is 2.43 bits per heavy atom. The highest BCUT2D eigenvalue weighted by atomic mass is 16.5. The molecule has 0 aliphatic carbocycles. The van der Waals surface area contributed by atoms with E-state index in [-0.39, 0.29) is 5.82 Å². The summed E-state index contributed by atoms with van der Waals surface area (Å²) in [7, 11) is 1.54. The van der Waals surface area contributed by atoms with E-state index >= 15 is 0 Å². The quantitative estimate of drug-likeness (QED) is 0.718. The van der Waals surface area contributed by atoms with Gasteiger partial charge >= 0.3 is 0 Å². The van der Waals surface area contributed by atoms with Crippen molar-refractivity contribution in [3.05, 3.63) is 23.9 Å². The van der Waals surface area contributed by atoms with Gasteiger partial charge < -0.3 is 10.5 Å². The largest absolute Gasteiger partial charge is 0.494 e. The molecule has 5 nitrogen and oxygen atoms in total. The average molecular weight is 188 g/mol. The number of rotatable bonds is 1. The van der Waals surface area contributed by atoms with Crippen LogP contribution in [0.25, 0.3) is 5.52 Å². The highest BCUT2D eigenvalue weighted by Gasteiger charge is 2.13. The Labute approximate surface area is 80.3 Å². The standard InChI is InChI=1S/C9H8N4O/c1-14-7-3-2-4-13-8(7)6(5-10)9(11)12-13/h2-4H,1H3,(H2,11,12). The van der Waals surface area contributed by atoms with Gasteiger partial charge in [0.05, 0.1) is 7.11 Å². The molecule has 0 atom stereocenters. The summed E-state index contributed by atoms with van der Waals surface area (Å²) in [6, 6.07) is 5.54. The fourth-order valence-corrected chi connectivity index (χ4v) is 1.36. The van der Waals surface area contributed by atoms with Gasteiger partial charge in [-0.15, -0.1) is 5.10 Å². The van der Waals surface area contributed by atoms with Gasteiger partial charge in [-0.25, -0.2) is 4.52 Å². The van der Waals surface area contributed by atoms with Crippen LogP contribution < -0.4 is 10.5 Å². The molecule has 2 aromatic rings. The first-order valence-corrected chi connectivity index (χ1v) is 3.99. The molecule has 0 aromatic carbocycles. The fraction of sp³-hybridized carbons (Fsp3) is 0.111. The van der Waals surface area contributed by atoms with Gasteiger partial charge in [0.15, 0.2) is 5.82 Å². The van der Waals surface area contributed by atoms with E-state index in [1.807, 2.05) is 6.07 Å². The molecule has 5 heteroatoms. The van der Waals surface area contributed by atoms with Crippen LogP contribution in [0.3, 0.4) is 0 Å². The number of aromatic nitrogens is 2. The zero-order valence-corrected chi connectivity index (χ0v) is 7.56. The Balaban J connectivity index is 2.91. The maximum Gasteiger partial charge on any atom is 0.164 e. The van der Waals surface area contributed by atoms with Gasteiger partial charge in [0.25, 0.3) is 0 Å². The molecule has 0 spiro atoms. The van der Waals surface area contributed by atoms with Crippen LogP contribution in [0.15, 0.2) is 18.3 Å². The van der Waals surface area contributed by atoms with Crippen LogP contribution in [0.1, 0.15) is 5.56 Å². The molecule has 0 amide bonds. The molecule has 2 N–H and O–H groups in total. The second kappa shape index (κ2) is 2.92. The molecule has 2 aromatic heterocycles. The van der Waals surface area contributed by atoms with Gasteiger partial charge in [0, 0.05) is 6.20 Å². The molecule has 0 aliphatic heterocycles. The van der Waals surface area contributed by atoms with E-state index in [1.54, 1.807) is 25.4 Å². The van der Waals surface area contributed by atoms with Crippen LogP contribution >= 0.6 is 0 Å². The third-order valence-electron chi connectivity index (χ3n) is 1.98. The highest BCUT2D eigenvalue weighted by molar-refractivity contribution is 5.75. The predicted molar refractivity (Wildman–Crippen MR) is 50.9 cm³/mol. The molecule has 0 bridgehead atoms. The number of nitriles is 1. The number of anilines is 1. The van der Waals surface area contributed by atoms with Crippen molar-refractivity contribution in [3.63, 3.8) is 0 Å². The summed E-state index contributed by atoms with van der Waals surface area (Å²) >= 11 is 0. The fourth-order valence-electron chi connectivity index (χ4n) is 1.36. The molecule has 0 saturated heterocycles. The number of fused-ring (bicyclic) bond motifs is 1. The molecule has 0 saturated carbocycles. The molecule has 70 valence electrons. The molecular formula is C9H8N4O. The van der Waals surface area contributed by atoms with Crippen molar-refractivity contribution in [1.29, 1.82) is 5.26 Å². The molecule has 2 rings (SSSR count). The summed E-state index contributed by atoms with van der Waals surface area (Å²) in [5, 5.41) is 12.9. The predicted octanol–water partition coefficient (Wildman–Crippen LogP) is 0.797. The lowest BCUT2D eigenvalue weighted by Crippen LogP contribution is -1.90. The van der Waals surface area contributed by atoms with Gasteiger partial charge in [-0.2, -0.15) is 5.26 Å². The van der Waals surface area contributed by atoms with Gasteiger partial charge in [0.1, 0.15) is 22.9 Å². The minimum atomic E-state index is 0.219. The molecular weight excluding hydrogens is 180 g/mol. The van der Waals surface area contributed by atoms with Crippen molar-refractivity contribution in [1.82, 2.24) is 9.61 Å². The Hall–Kier alpha value is -2.22. The van der Waals surface area contributed by atoms with Crippen molar-refractivity contribution >= 4 is 11.3 Å². The van der Waals surface area contributed by atoms with E-state index in [9.17, 15) is 0 Å². The lowest BCUT2D eigenvalue weighted by Gasteiger charge is -2.00. The van der Waals surface area contributed by atoms with Gasteiger partial charge in [-0.05, 0) is 12.1 Å². The molecule has 14 heavy (non-hydrogen) atoms. The van der Waals surface area contributed by atoms with Gasteiger partial charge in [-0.3, -0.25) is 0 Å². The van der Waals surface area contributed by atoms with E-state index in [2.05, 4.69) is 5.10 Å². The van der Waals surface area contributed by atoms with Crippen molar-refractivity contribution in [2.24, 2.45) is 0 Å². The maximum absolute atomic E-state index is 8.89. The normalized spacial score (nSPS) is 10.0. The molecule has 2 heterocycles. The smallest absolute Gasteiger partial charge is 0.164 e. The molecule has 0 aliphatic rings. The van der Waals surface area contributed by atoms with E-state index in [1.165, 1.54) is 4.52 Å². The van der Waals surface area contributed by atoms with E-state index < -0.39 is 0 Å². The third kappa shape index (κ3) is 0.977. The Kier molecular flexibility index (Phi) is 1.75. The Morgan fingerprint density at radius 1 is 1.64 bits per heavy atom. The highest BCUT2D eigenvalue weighted by Crippen LogP contribution is 2.25. The number of nitrogens with zero attached hydrogens (tertiary/aromatic N) is 3. The van der Waals surface area contributed by atoms with E-state index in [0.717, 1.165) is 0 Å². The minimum absolute atomic E-state index is 0.219. The topological polar surface area (TPSA) is 76.3 Å². The Morgan fingerprint density at radius 3 is 3.07 bits per heavy atom. The molecule has 0 unspecified atom stereocenters. The first-order chi connectivity index (χ1) is 6.77. The number of nitrogens with two attached hydrogens (primary N) is 1. The Bertz CT molecular complexity index is 523. The minimum Gasteiger partial charge on any atom is -0.494 e. The summed E-state index contributed by atoms with van der Waals surface area (Å²) in [5.74, 6) is 0.810. The average Bonchev–Trinajstić information content (AvgIpc) is 2.52. The van der Waals surface area contributed by atoms with Crippen LogP contribution in [0.2, 0.25) is 0 Å². The summed E-state index contributed by atoms with van der Waals surface area (Å²) in [4.78, 5) is 0. The number of hydrogen-bond donors (Lipinski definition) is 1. The monoisotopic (exact) mass is 188 g/mol. The number of hydrogen-bond acceptors (Lipinski definition) is 4. The summed E-state index contributed by atoms with van der Waals surface area (Å²) < 4.78 is 6.65. The van der Waals surface area contributed by atoms with Gasteiger partial charge in [0.2, 0.25) is 0 Å². The SMILES string of the molecule is COc1cccn2nc(N)c(C#N)c12. The summed E-state index contributed by atoms with van der Waals surface area (Å²) in [6.07, 6.45) is 1.72. The molecule has 0 fully saturated rings. The van der Waals surface area contributed by atoms with E-state index in [0.29, 0.717) is 16.8 Å². The van der Waals surface area contributed by atoms with Crippen LogP contribution in [-0.2, 0) is 0 Å². The summed E-state index contributed by atoms with van der Waals surface area (Å²) in [5.41, 5.74) is 6.53. The first kappa shape index (κ1) is 8.38. The van der Waals surface area contributed by atoms with Crippen molar-refractivity contribution in [2.75, 3.05) is 12.8 Å². The maximum atomic E-state index is 8.89. The second-order valence-electron chi connectivity index (χ2n) is 2.74. The first-order valence-electron chi connectivity index (χ1n) is 3.99. The van der Waals surface area contributed by atoms with Crippen LogP contribution in [0.5, 0.6) is 5.75 Å². The number of methoxy groups -OCH3 is 1.